The van der Waals surface area contributed by atoms with Crippen LogP contribution in [0.1, 0.15) is 12.5 Å². The lowest BCUT2D eigenvalue weighted by Gasteiger charge is -2.07. The van der Waals surface area contributed by atoms with E-state index in [1.165, 1.54) is 19.4 Å². The normalized spacial score (nSPS) is 10.4. The van der Waals surface area contributed by atoms with E-state index in [1.807, 2.05) is 6.92 Å². The minimum Gasteiger partial charge on any atom is -0.504 e. The van der Waals surface area contributed by atoms with Gasteiger partial charge in [0.15, 0.2) is 16.6 Å². The van der Waals surface area contributed by atoms with Gasteiger partial charge in [-0.25, -0.2) is 0 Å². The number of nitrogens with one attached hydrogen (secondary N) is 2. The van der Waals surface area contributed by atoms with E-state index in [4.69, 9.17) is 28.6 Å². The Balaban J connectivity index is 2.81. The number of hydrogen-bond donors (Lipinski definition) is 3. The number of aromatic hydroxyl groups is 1. The fraction of sp³-hybridized carbons (Fsp3) is 0.273. The summed E-state index contributed by atoms with van der Waals surface area (Å²) in [6.07, 6.45) is 1.41. The summed E-state index contributed by atoms with van der Waals surface area (Å²) in [6.45, 7) is 2.63. The van der Waals surface area contributed by atoms with Crippen LogP contribution in [-0.2, 0) is 0 Å². The van der Waals surface area contributed by atoms with Crippen molar-refractivity contribution in [1.29, 1.82) is 0 Å². The van der Waals surface area contributed by atoms with Crippen molar-refractivity contribution < 1.29 is 9.84 Å². The van der Waals surface area contributed by atoms with Crippen molar-refractivity contribution in [2.75, 3.05) is 13.7 Å². The first-order valence-electron chi connectivity index (χ1n) is 5.21. The lowest BCUT2D eigenvalue weighted by Crippen LogP contribution is -2.31. The summed E-state index contributed by atoms with van der Waals surface area (Å²) >= 11 is 10.8. The van der Waals surface area contributed by atoms with Crippen molar-refractivity contribution in [2.24, 2.45) is 5.10 Å². The molecular formula is C11H14ClN3O2S. The van der Waals surface area contributed by atoms with Gasteiger partial charge >= 0.3 is 0 Å². The van der Waals surface area contributed by atoms with Crippen LogP contribution in [0.4, 0.5) is 0 Å². The van der Waals surface area contributed by atoms with Gasteiger partial charge in [-0.05, 0) is 25.2 Å². The van der Waals surface area contributed by atoms with Crippen LogP contribution in [0.2, 0.25) is 5.02 Å². The molecule has 5 nitrogen and oxygen atoms in total. The molecule has 1 aromatic carbocycles. The molecule has 0 aromatic heterocycles. The fourth-order valence-corrected chi connectivity index (χ4v) is 1.62. The number of rotatable bonds is 4. The number of hydrazone groups is 1. The number of halogens is 1. The zero-order valence-corrected chi connectivity index (χ0v) is 11.6. The molecule has 0 saturated heterocycles. The van der Waals surface area contributed by atoms with Gasteiger partial charge in [-0.1, -0.05) is 11.6 Å². The van der Waals surface area contributed by atoms with Crippen molar-refractivity contribution in [3.63, 3.8) is 0 Å². The maximum Gasteiger partial charge on any atom is 0.186 e. The Labute approximate surface area is 116 Å². The third-order valence-corrected chi connectivity index (χ3v) is 2.45. The number of ether oxygens (including phenoxy) is 1. The van der Waals surface area contributed by atoms with Crippen molar-refractivity contribution >= 4 is 35.1 Å². The van der Waals surface area contributed by atoms with Gasteiger partial charge < -0.3 is 15.2 Å². The van der Waals surface area contributed by atoms with E-state index in [0.29, 0.717) is 28.0 Å². The minimum absolute atomic E-state index is 0.0261. The Kier molecular flexibility index (Phi) is 5.67. The van der Waals surface area contributed by atoms with Crippen LogP contribution in [-0.4, -0.2) is 30.1 Å². The Bertz CT molecular complexity index is 466. The number of nitrogens with zero attached hydrogens (tertiary/aromatic N) is 1. The number of phenols is 1. The summed E-state index contributed by atoms with van der Waals surface area (Å²) in [7, 11) is 1.45. The molecule has 0 aliphatic rings. The summed E-state index contributed by atoms with van der Waals surface area (Å²) in [4.78, 5) is 0. The molecule has 3 N–H and O–H groups in total. The van der Waals surface area contributed by atoms with Gasteiger partial charge in [0.05, 0.1) is 13.3 Å². The SMILES string of the molecule is CCNC(=S)N/N=C\c1cc(Cl)cc(OC)c1O. The molecule has 0 unspecified atom stereocenters. The monoisotopic (exact) mass is 287 g/mol. The van der Waals surface area contributed by atoms with Crippen molar-refractivity contribution in [1.82, 2.24) is 10.7 Å². The molecule has 18 heavy (non-hydrogen) atoms. The molecule has 1 rings (SSSR count). The van der Waals surface area contributed by atoms with Gasteiger partial charge in [0.2, 0.25) is 0 Å². The van der Waals surface area contributed by atoms with Crippen molar-refractivity contribution in [2.45, 2.75) is 6.92 Å². The quantitative estimate of drug-likeness (QED) is 0.448. The Hall–Kier alpha value is -1.53. The predicted octanol–water partition coefficient (Wildman–Crippen LogP) is 1.87. The number of methoxy groups -OCH3 is 1. The highest BCUT2D eigenvalue weighted by atomic mass is 35.5. The van der Waals surface area contributed by atoms with Gasteiger partial charge in [0, 0.05) is 23.2 Å². The summed E-state index contributed by atoms with van der Waals surface area (Å²) in [5.41, 5.74) is 3.05. The first-order chi connectivity index (χ1) is 8.58. The van der Waals surface area contributed by atoms with Crippen LogP contribution in [0, 0.1) is 0 Å². The molecule has 0 amide bonds. The van der Waals surface area contributed by atoms with Gasteiger partial charge in [-0.15, -0.1) is 0 Å². The third-order valence-electron chi connectivity index (χ3n) is 2.00. The first kappa shape index (κ1) is 14.5. The summed E-state index contributed by atoms with van der Waals surface area (Å²) in [5, 5.41) is 17.4. The van der Waals surface area contributed by atoms with Crippen LogP contribution < -0.4 is 15.5 Å². The maximum atomic E-state index is 9.83. The van der Waals surface area contributed by atoms with Gasteiger partial charge in [-0.2, -0.15) is 5.10 Å². The molecule has 0 spiro atoms. The molecular weight excluding hydrogens is 274 g/mol. The molecule has 98 valence electrons. The first-order valence-corrected chi connectivity index (χ1v) is 6.00. The molecule has 0 saturated carbocycles. The van der Waals surface area contributed by atoms with Crippen LogP contribution in [0.5, 0.6) is 11.5 Å². The predicted molar refractivity (Wildman–Crippen MR) is 76.7 cm³/mol. The van der Waals surface area contributed by atoms with Crippen molar-refractivity contribution in [3.8, 4) is 11.5 Å². The van der Waals surface area contributed by atoms with E-state index in [1.54, 1.807) is 6.07 Å². The Morgan fingerprint density at radius 1 is 1.61 bits per heavy atom. The molecule has 0 aliphatic carbocycles. The zero-order chi connectivity index (χ0) is 13.5. The fourth-order valence-electron chi connectivity index (χ4n) is 1.21. The van der Waals surface area contributed by atoms with E-state index in [2.05, 4.69) is 15.8 Å². The molecule has 7 heteroatoms. The van der Waals surface area contributed by atoms with Gasteiger partial charge in [-0.3, -0.25) is 5.43 Å². The topological polar surface area (TPSA) is 65.9 Å². The van der Waals surface area contributed by atoms with Crippen LogP contribution >= 0.6 is 23.8 Å². The zero-order valence-electron chi connectivity index (χ0n) is 10.0. The maximum absolute atomic E-state index is 9.83. The molecule has 0 aliphatic heterocycles. The second kappa shape index (κ2) is 7.03. The second-order valence-corrected chi connectivity index (χ2v) is 4.12. The number of thiocarbonyl (C=S) groups is 1. The van der Waals surface area contributed by atoms with Crippen LogP contribution in [0.15, 0.2) is 17.2 Å². The van der Waals surface area contributed by atoms with Crippen molar-refractivity contribution in [3.05, 3.63) is 22.7 Å². The van der Waals surface area contributed by atoms with Crippen LogP contribution in [0.3, 0.4) is 0 Å². The smallest absolute Gasteiger partial charge is 0.186 e. The molecule has 0 atom stereocenters. The van der Waals surface area contributed by atoms with Gasteiger partial charge in [0.25, 0.3) is 0 Å². The summed E-state index contributed by atoms with van der Waals surface area (Å²) in [5.74, 6) is 0.264. The molecule has 0 radical (unpaired) electrons. The Morgan fingerprint density at radius 2 is 2.33 bits per heavy atom. The van der Waals surface area contributed by atoms with E-state index < -0.39 is 0 Å². The highest BCUT2D eigenvalue weighted by molar-refractivity contribution is 7.80. The third kappa shape index (κ3) is 4.05. The lowest BCUT2D eigenvalue weighted by atomic mass is 10.2. The van der Waals surface area contributed by atoms with Gasteiger partial charge in [0.1, 0.15) is 0 Å². The van der Waals surface area contributed by atoms with Crippen LogP contribution in [0.25, 0.3) is 0 Å². The lowest BCUT2D eigenvalue weighted by molar-refractivity contribution is 0.373. The highest BCUT2D eigenvalue weighted by Crippen LogP contribution is 2.32. The van der Waals surface area contributed by atoms with E-state index in [-0.39, 0.29) is 5.75 Å². The highest BCUT2D eigenvalue weighted by Gasteiger charge is 2.08. The Morgan fingerprint density at radius 3 is 2.94 bits per heavy atom. The summed E-state index contributed by atoms with van der Waals surface area (Å²) < 4.78 is 4.98. The molecule has 1 aromatic rings. The number of benzene rings is 1. The van der Waals surface area contributed by atoms with E-state index >= 15 is 0 Å². The average molecular weight is 288 g/mol. The van der Waals surface area contributed by atoms with E-state index in [9.17, 15) is 5.11 Å². The largest absolute Gasteiger partial charge is 0.504 e. The minimum atomic E-state index is -0.0261. The second-order valence-electron chi connectivity index (χ2n) is 3.28. The van der Waals surface area contributed by atoms with E-state index in [0.717, 1.165) is 0 Å². The summed E-state index contributed by atoms with van der Waals surface area (Å²) in [6, 6.07) is 3.09. The molecule has 0 bridgehead atoms. The number of hydrogen-bond acceptors (Lipinski definition) is 4. The molecule has 0 heterocycles. The number of phenolic OH excluding ortho intramolecular Hbond substituents is 1. The standard InChI is InChI=1S/C11H14ClN3O2S/c1-3-13-11(18)15-14-6-7-4-8(12)5-9(17-2)10(7)16/h4-6,16H,3H2,1-2H3,(H2,13,15,18)/b14-6-. The molecule has 0 fully saturated rings. The average Bonchev–Trinajstić information content (AvgIpc) is 2.33.